The van der Waals surface area contributed by atoms with Crippen molar-refractivity contribution in [1.82, 2.24) is 5.43 Å². The summed E-state index contributed by atoms with van der Waals surface area (Å²) in [5.74, 6) is 4.77. The van der Waals surface area contributed by atoms with Crippen molar-refractivity contribution in [2.75, 3.05) is 13.2 Å². The Hall–Kier alpha value is -0.650. The summed E-state index contributed by atoms with van der Waals surface area (Å²) in [5, 5.41) is 0. The van der Waals surface area contributed by atoms with Gasteiger partial charge in [0.05, 0.1) is 19.3 Å². The Morgan fingerprint density at radius 1 is 1.69 bits per heavy atom. The van der Waals surface area contributed by atoms with E-state index in [2.05, 4.69) is 5.43 Å². The quantitative estimate of drug-likeness (QED) is 0.358. The molecule has 0 spiro atoms. The zero-order valence-electron chi connectivity index (χ0n) is 8.00. The molecule has 1 heterocycles. The van der Waals surface area contributed by atoms with Gasteiger partial charge in [-0.1, -0.05) is 0 Å². The van der Waals surface area contributed by atoms with Gasteiger partial charge in [0, 0.05) is 6.42 Å². The molecule has 0 aromatic carbocycles. The van der Waals surface area contributed by atoms with Gasteiger partial charge in [0.1, 0.15) is 0 Å². The number of ether oxygens (including phenoxy) is 2. The van der Waals surface area contributed by atoms with Gasteiger partial charge in [-0.15, -0.1) is 0 Å². The Labute approximate surface area is 77.5 Å². The van der Waals surface area contributed by atoms with E-state index in [1.54, 1.807) is 0 Å². The summed E-state index contributed by atoms with van der Waals surface area (Å²) in [6.45, 7) is 4.59. The van der Waals surface area contributed by atoms with Crippen LogP contribution in [0.3, 0.4) is 0 Å². The van der Waals surface area contributed by atoms with Gasteiger partial charge in [-0.2, -0.15) is 0 Å². The summed E-state index contributed by atoms with van der Waals surface area (Å²) in [6, 6.07) is 0. The van der Waals surface area contributed by atoms with E-state index in [-0.39, 0.29) is 18.6 Å². The first-order valence-corrected chi connectivity index (χ1v) is 4.37. The monoisotopic (exact) mass is 188 g/mol. The van der Waals surface area contributed by atoms with E-state index in [9.17, 15) is 4.79 Å². The number of hydrogen-bond acceptors (Lipinski definition) is 4. The van der Waals surface area contributed by atoms with E-state index in [1.807, 2.05) is 13.8 Å². The van der Waals surface area contributed by atoms with Gasteiger partial charge in [0.25, 0.3) is 5.91 Å². The van der Waals surface area contributed by atoms with E-state index in [0.29, 0.717) is 13.0 Å². The maximum absolute atomic E-state index is 11.4. The van der Waals surface area contributed by atoms with Crippen molar-refractivity contribution in [3.8, 4) is 0 Å². The normalized spacial score (nSPS) is 28.0. The van der Waals surface area contributed by atoms with Crippen molar-refractivity contribution < 1.29 is 14.3 Å². The predicted octanol–water partition coefficient (Wildman–Crippen LogP) is -0.440. The molecule has 1 aliphatic heterocycles. The summed E-state index contributed by atoms with van der Waals surface area (Å²) in [5.41, 5.74) is 1.24. The fourth-order valence-corrected chi connectivity index (χ4v) is 1.45. The van der Waals surface area contributed by atoms with Crippen LogP contribution in [0.2, 0.25) is 0 Å². The van der Waals surface area contributed by atoms with Gasteiger partial charge in [-0.25, -0.2) is 5.84 Å². The van der Waals surface area contributed by atoms with E-state index in [0.717, 1.165) is 0 Å². The van der Waals surface area contributed by atoms with E-state index in [4.69, 9.17) is 15.3 Å². The minimum atomic E-state index is -0.872. The van der Waals surface area contributed by atoms with Crippen LogP contribution < -0.4 is 11.3 Å². The van der Waals surface area contributed by atoms with Gasteiger partial charge in [0.2, 0.25) is 0 Å². The standard InChI is InChI=1S/C8H16N2O3/c1-6(2)13-8(7(11)10-9)3-4-12-5-8/h6H,3-5,9H2,1-2H3,(H,10,11)/t8-/m1/s1. The second-order valence-corrected chi connectivity index (χ2v) is 3.44. The maximum atomic E-state index is 11.4. The van der Waals surface area contributed by atoms with Crippen molar-refractivity contribution in [3.05, 3.63) is 0 Å². The molecule has 0 bridgehead atoms. The zero-order chi connectivity index (χ0) is 9.90. The van der Waals surface area contributed by atoms with Crippen LogP contribution in [0, 0.1) is 0 Å². The minimum absolute atomic E-state index is 0.0148. The van der Waals surface area contributed by atoms with Crippen molar-refractivity contribution >= 4 is 5.91 Å². The average Bonchev–Trinajstić information content (AvgIpc) is 2.51. The first kappa shape index (κ1) is 10.4. The predicted molar refractivity (Wildman–Crippen MR) is 46.7 cm³/mol. The highest BCUT2D eigenvalue weighted by Crippen LogP contribution is 2.24. The highest BCUT2D eigenvalue weighted by Gasteiger charge is 2.43. The lowest BCUT2D eigenvalue weighted by Crippen LogP contribution is -2.52. The molecule has 76 valence electrons. The molecule has 1 fully saturated rings. The number of nitrogens with one attached hydrogen (secondary N) is 1. The molecular formula is C8H16N2O3. The van der Waals surface area contributed by atoms with Gasteiger partial charge >= 0.3 is 0 Å². The molecule has 0 radical (unpaired) electrons. The van der Waals surface area contributed by atoms with Gasteiger partial charge in [-0.05, 0) is 13.8 Å². The van der Waals surface area contributed by atoms with Crippen LogP contribution in [-0.2, 0) is 14.3 Å². The van der Waals surface area contributed by atoms with Crippen LogP contribution in [0.4, 0.5) is 0 Å². The number of hydrazine groups is 1. The number of carbonyl (C=O) groups excluding carboxylic acids is 1. The highest BCUT2D eigenvalue weighted by molar-refractivity contribution is 5.85. The fraction of sp³-hybridized carbons (Fsp3) is 0.875. The second-order valence-electron chi connectivity index (χ2n) is 3.44. The van der Waals surface area contributed by atoms with Gasteiger partial charge < -0.3 is 9.47 Å². The third kappa shape index (κ3) is 2.18. The molecule has 3 N–H and O–H groups in total. The van der Waals surface area contributed by atoms with E-state index in [1.165, 1.54) is 0 Å². The number of hydrogen-bond donors (Lipinski definition) is 2. The maximum Gasteiger partial charge on any atom is 0.268 e. The average molecular weight is 188 g/mol. The first-order valence-electron chi connectivity index (χ1n) is 4.37. The lowest BCUT2D eigenvalue weighted by Gasteiger charge is -2.27. The summed E-state index contributed by atoms with van der Waals surface area (Å²) < 4.78 is 10.7. The summed E-state index contributed by atoms with van der Waals surface area (Å²) in [4.78, 5) is 11.4. The van der Waals surface area contributed by atoms with Crippen LogP contribution in [0.5, 0.6) is 0 Å². The molecule has 1 saturated heterocycles. The summed E-state index contributed by atoms with van der Waals surface area (Å²) in [6.07, 6.45) is 0.549. The Morgan fingerprint density at radius 3 is 2.77 bits per heavy atom. The van der Waals surface area contributed by atoms with Crippen LogP contribution >= 0.6 is 0 Å². The van der Waals surface area contributed by atoms with Crippen molar-refractivity contribution in [2.45, 2.75) is 32.0 Å². The molecule has 0 saturated carbocycles. The number of rotatable bonds is 3. The van der Waals surface area contributed by atoms with E-state index < -0.39 is 5.60 Å². The Bertz CT molecular complexity index is 188. The lowest BCUT2D eigenvalue weighted by atomic mass is 10.0. The zero-order valence-corrected chi connectivity index (χ0v) is 8.00. The van der Waals surface area contributed by atoms with Crippen LogP contribution in [0.25, 0.3) is 0 Å². The Kier molecular flexibility index (Phi) is 3.24. The van der Waals surface area contributed by atoms with Crippen molar-refractivity contribution in [1.29, 1.82) is 0 Å². The molecule has 1 rings (SSSR count). The third-order valence-corrected chi connectivity index (χ3v) is 1.99. The van der Waals surface area contributed by atoms with Crippen LogP contribution in [-0.4, -0.2) is 30.8 Å². The van der Waals surface area contributed by atoms with Crippen LogP contribution in [0.1, 0.15) is 20.3 Å². The lowest BCUT2D eigenvalue weighted by molar-refractivity contribution is -0.153. The SMILES string of the molecule is CC(C)O[C@]1(C(=O)NN)CCOC1. The number of carbonyl (C=O) groups is 1. The smallest absolute Gasteiger partial charge is 0.268 e. The van der Waals surface area contributed by atoms with Gasteiger partial charge in [0.15, 0.2) is 5.60 Å². The molecule has 5 nitrogen and oxygen atoms in total. The number of amides is 1. The minimum Gasteiger partial charge on any atom is -0.378 e. The molecule has 1 aliphatic rings. The second kappa shape index (κ2) is 4.04. The van der Waals surface area contributed by atoms with Crippen LogP contribution in [0.15, 0.2) is 0 Å². The summed E-state index contributed by atoms with van der Waals surface area (Å²) in [7, 11) is 0. The Balaban J connectivity index is 2.68. The first-order chi connectivity index (χ1) is 6.10. The Morgan fingerprint density at radius 2 is 2.38 bits per heavy atom. The molecule has 5 heteroatoms. The molecular weight excluding hydrogens is 172 g/mol. The summed E-state index contributed by atoms with van der Waals surface area (Å²) >= 11 is 0. The molecule has 1 amide bonds. The number of nitrogens with two attached hydrogens (primary N) is 1. The van der Waals surface area contributed by atoms with E-state index >= 15 is 0 Å². The fourth-order valence-electron chi connectivity index (χ4n) is 1.45. The molecule has 1 atom stereocenters. The van der Waals surface area contributed by atoms with Crippen molar-refractivity contribution in [2.24, 2.45) is 5.84 Å². The highest BCUT2D eigenvalue weighted by atomic mass is 16.6. The molecule has 0 aliphatic carbocycles. The molecule has 0 unspecified atom stereocenters. The molecule has 0 aromatic heterocycles. The molecule has 0 aromatic rings. The topological polar surface area (TPSA) is 73.6 Å². The van der Waals surface area contributed by atoms with Crippen molar-refractivity contribution in [3.63, 3.8) is 0 Å². The molecule has 13 heavy (non-hydrogen) atoms. The third-order valence-electron chi connectivity index (χ3n) is 1.99. The van der Waals surface area contributed by atoms with Gasteiger partial charge in [-0.3, -0.25) is 10.2 Å². The largest absolute Gasteiger partial charge is 0.378 e.